The number of nitrogens with zero attached hydrogens (tertiary/aromatic N) is 1. The molecule has 0 atom stereocenters. The lowest BCUT2D eigenvalue weighted by atomic mass is 9.80. The number of rotatable bonds is 15. The van der Waals surface area contributed by atoms with E-state index in [1.54, 1.807) is 12.1 Å². The molecule has 6 aromatic rings. The molecule has 0 unspecified atom stereocenters. The van der Waals surface area contributed by atoms with Gasteiger partial charge in [0.1, 0.15) is 28.7 Å². The smallest absolute Gasteiger partial charge is 0.491 e. The molecule has 8 rings (SSSR count). The van der Waals surface area contributed by atoms with Gasteiger partial charge >= 0.3 is 19.2 Å². The number of nitrogens with two attached hydrogens (primary N) is 1. The van der Waals surface area contributed by atoms with Crippen LogP contribution in [0.2, 0.25) is 0 Å². The van der Waals surface area contributed by atoms with Gasteiger partial charge in [-0.3, -0.25) is 9.59 Å². The average Bonchev–Trinajstić information content (AvgIpc) is 3.45. The Morgan fingerprint density at radius 3 is 1.82 bits per heavy atom. The second kappa shape index (κ2) is 31.8. The number of anilines is 2. The minimum Gasteiger partial charge on any atom is -0.494 e. The molecule has 17 heteroatoms. The fraction of sp³-hybridized carbons (Fsp3) is 0.361. The van der Waals surface area contributed by atoms with Crippen molar-refractivity contribution in [2.45, 2.75) is 103 Å². The highest BCUT2D eigenvalue weighted by molar-refractivity contribution is 14.1. The molecule has 416 valence electrons. The molecule has 2 aliphatic heterocycles. The Bertz CT molecular complexity index is 2820. The van der Waals surface area contributed by atoms with Crippen LogP contribution < -0.4 is 31.3 Å². The number of carbonyl (C=O) groups is 3. The quantitative estimate of drug-likeness (QED) is 0.0248. The van der Waals surface area contributed by atoms with Gasteiger partial charge in [0, 0.05) is 51.9 Å². The molecule has 2 aliphatic rings. The Hall–Kier alpha value is -6.54. The monoisotopic (exact) mass is 1180 g/mol. The zero-order valence-electron chi connectivity index (χ0n) is 45.3. The number of nitrogen functional groups attached to an aromatic ring is 1. The average molecular weight is 1180 g/mol. The van der Waals surface area contributed by atoms with E-state index >= 15 is 0 Å². The number of carboxylic acid groups (broad SMARTS) is 1. The molecule has 0 saturated carbocycles. The van der Waals surface area contributed by atoms with Crippen molar-refractivity contribution in [1.29, 1.82) is 0 Å². The summed E-state index contributed by atoms with van der Waals surface area (Å²) < 4.78 is 44.1. The minimum atomic E-state index is -1.72. The molecule has 2 fully saturated rings. The molecular weight excluding hydrogens is 1110 g/mol. The molecule has 0 radical (unpaired) electrons. The summed E-state index contributed by atoms with van der Waals surface area (Å²) in [7, 11) is -1.72. The first kappa shape index (κ1) is 62.3. The molecule has 13 nitrogen and oxygen atoms in total. The van der Waals surface area contributed by atoms with Gasteiger partial charge in [0.15, 0.2) is 0 Å². The lowest BCUT2D eigenvalue weighted by molar-refractivity contribution is -0.137. The van der Waals surface area contributed by atoms with Crippen LogP contribution in [-0.4, -0.2) is 90.1 Å². The van der Waals surface area contributed by atoms with Crippen molar-refractivity contribution in [3.63, 3.8) is 0 Å². The van der Waals surface area contributed by atoms with Gasteiger partial charge in [-0.1, -0.05) is 60.7 Å². The predicted molar refractivity (Wildman–Crippen MR) is 314 cm³/mol. The Labute approximate surface area is 472 Å². The van der Waals surface area contributed by atoms with Gasteiger partial charge < -0.3 is 50.6 Å². The molecule has 2 amide bonds. The first-order valence-electron chi connectivity index (χ1n) is 26.4. The number of aryl methyl sites for hydroxylation is 2. The van der Waals surface area contributed by atoms with E-state index in [9.17, 15) is 23.2 Å². The molecule has 0 bridgehead atoms. The number of aliphatic carboxylic acids is 1. The highest BCUT2D eigenvalue weighted by Gasteiger charge is 2.28. The van der Waals surface area contributed by atoms with Gasteiger partial charge in [0.2, 0.25) is 5.91 Å². The molecule has 2 saturated heterocycles. The summed E-state index contributed by atoms with van der Waals surface area (Å²) in [6.07, 6.45) is 5.70. The summed E-state index contributed by atoms with van der Waals surface area (Å²) in [6.45, 7) is 14.4. The number of carbonyl (C=O) groups excluding carboxylic acids is 2. The molecule has 7 N–H and O–H groups in total. The maximum Gasteiger partial charge on any atom is 0.491 e. The van der Waals surface area contributed by atoms with Crippen LogP contribution in [0.1, 0.15) is 106 Å². The number of halogens is 3. The number of likely N-dealkylation sites (tertiary alicyclic amines) is 1. The van der Waals surface area contributed by atoms with E-state index in [0.29, 0.717) is 55.6 Å². The van der Waals surface area contributed by atoms with Gasteiger partial charge in [-0.05, 0) is 221 Å². The summed E-state index contributed by atoms with van der Waals surface area (Å²) in [4.78, 5) is 36.5. The predicted octanol–water partition coefficient (Wildman–Crippen LogP) is 11.8. The van der Waals surface area contributed by atoms with Gasteiger partial charge in [-0.25, -0.2) is 13.6 Å². The molecule has 0 aromatic heterocycles. The number of benzene rings is 6. The molecule has 78 heavy (non-hydrogen) atoms. The van der Waals surface area contributed by atoms with Crippen molar-refractivity contribution < 1.29 is 52.5 Å². The van der Waals surface area contributed by atoms with Crippen LogP contribution in [0.3, 0.4) is 0 Å². The van der Waals surface area contributed by atoms with Crippen LogP contribution >= 0.6 is 22.6 Å². The Kier molecular flexibility index (Phi) is 25.4. The van der Waals surface area contributed by atoms with E-state index in [1.807, 2.05) is 92.4 Å². The van der Waals surface area contributed by atoms with Gasteiger partial charge in [0.25, 0.3) is 0 Å². The fourth-order valence-corrected chi connectivity index (χ4v) is 9.15. The number of ether oxygens (including phenoxy) is 3. The zero-order valence-corrected chi connectivity index (χ0v) is 47.4. The van der Waals surface area contributed by atoms with Crippen molar-refractivity contribution >= 4 is 64.5 Å². The number of hydrogen-bond donors (Lipinski definition) is 6. The van der Waals surface area contributed by atoms with Crippen LogP contribution in [0.15, 0.2) is 133 Å². The summed E-state index contributed by atoms with van der Waals surface area (Å²) in [5.41, 5.74) is 13.6. The Morgan fingerprint density at radius 1 is 0.718 bits per heavy atom. The highest BCUT2D eigenvalue weighted by atomic mass is 127. The van der Waals surface area contributed by atoms with Crippen LogP contribution in [0.25, 0.3) is 11.1 Å². The zero-order chi connectivity index (χ0) is 56.6. The number of hydrogen-bond acceptors (Lipinski definition) is 10. The third-order valence-electron chi connectivity index (χ3n) is 12.9. The Balaban J connectivity index is 0.000000212. The van der Waals surface area contributed by atoms with Crippen molar-refractivity contribution in [3.8, 4) is 22.6 Å². The van der Waals surface area contributed by atoms with Crippen molar-refractivity contribution in [2.75, 3.05) is 50.4 Å². The summed E-state index contributed by atoms with van der Waals surface area (Å²) in [5.74, 6) is 0.904. The minimum absolute atomic E-state index is 0.00591. The number of nitrogens with one attached hydrogen (secondary N) is 2. The van der Waals surface area contributed by atoms with E-state index in [0.717, 1.165) is 78.1 Å². The molecule has 0 spiro atoms. The van der Waals surface area contributed by atoms with E-state index < -0.39 is 24.5 Å². The first-order valence-corrected chi connectivity index (χ1v) is 27.5. The Morgan fingerprint density at radius 2 is 1.26 bits per heavy atom. The maximum atomic E-state index is 13.9. The number of amides is 2. The number of carboxylic acids is 1. The molecule has 2 heterocycles. The van der Waals surface area contributed by atoms with Crippen LogP contribution in [0, 0.1) is 29.1 Å². The lowest BCUT2D eigenvalue weighted by Gasteiger charge is -2.34. The summed E-state index contributed by atoms with van der Waals surface area (Å²) in [6, 6.07) is 39.5. The standard InChI is InChI=1S/C28H31FN2O2.C17H26N2O2.C10H11IO3.C6H6BFO2/c1-20-8-11-23(19-26(20)22-14-16-30-17-15-22)31-28(32)7-4-18-33-24-12-9-21(10-13-24)25-5-2-3-6-27(25)29;1-12-5-6-14(18)11-15(12)13-7-9-19(10-8-13)16(20)21-17(2,3)4;11-8-3-5-9(6-4-8)14-7-1-2-10(12)13;8-6-4-2-1-3-5(6)7(9)10/h2-3,5-6,8-13,19,22,30H,4,7,14-18H2,1H3,(H,31,32);5-6,11,13H,7-10,18H2,1-4H3;3-6H,1-2,7H2,(H,12,13);1-4,9-10H. The van der Waals surface area contributed by atoms with Crippen LogP contribution in [-0.2, 0) is 14.3 Å². The van der Waals surface area contributed by atoms with Gasteiger partial charge in [-0.2, -0.15) is 0 Å². The summed E-state index contributed by atoms with van der Waals surface area (Å²) in [5, 5.41) is 31.9. The van der Waals surface area contributed by atoms with Crippen molar-refractivity contribution in [2.24, 2.45) is 0 Å². The largest absolute Gasteiger partial charge is 0.494 e. The second-order valence-corrected chi connectivity index (χ2v) is 21.4. The van der Waals surface area contributed by atoms with Crippen LogP contribution in [0.4, 0.5) is 25.0 Å². The van der Waals surface area contributed by atoms with Gasteiger partial charge in [0.05, 0.1) is 13.2 Å². The molecule has 0 aliphatic carbocycles. The number of piperidine rings is 2. The molecule has 6 aromatic carbocycles. The van der Waals surface area contributed by atoms with E-state index in [2.05, 4.69) is 71.3 Å². The van der Waals surface area contributed by atoms with E-state index in [4.69, 9.17) is 35.1 Å². The highest BCUT2D eigenvalue weighted by Crippen LogP contribution is 2.33. The maximum absolute atomic E-state index is 13.9. The topological polar surface area (TPSA) is 193 Å². The van der Waals surface area contributed by atoms with Gasteiger partial charge in [-0.15, -0.1) is 0 Å². The van der Waals surface area contributed by atoms with Crippen molar-refractivity contribution in [1.82, 2.24) is 10.2 Å². The second-order valence-electron chi connectivity index (χ2n) is 20.2. The fourth-order valence-electron chi connectivity index (χ4n) is 8.79. The SMILES string of the molecule is Cc1ccc(N)cc1C1CCN(C(=O)OC(C)(C)C)CC1.Cc1ccc(NC(=O)CCCOc2ccc(-c3ccccc3F)cc2)cc1C1CCNCC1.O=C(O)CCCOc1ccc(I)cc1.OB(O)c1ccccc1F. The third kappa shape index (κ3) is 21.7. The summed E-state index contributed by atoms with van der Waals surface area (Å²) >= 11 is 2.22. The third-order valence-corrected chi connectivity index (χ3v) is 13.6. The van der Waals surface area contributed by atoms with E-state index in [-0.39, 0.29) is 29.7 Å². The lowest BCUT2D eigenvalue weighted by Crippen LogP contribution is -2.41. The van der Waals surface area contributed by atoms with Crippen molar-refractivity contribution in [3.05, 3.63) is 171 Å². The molecular formula is C61H74BF2IN4O9. The first-order chi connectivity index (χ1) is 37.3. The normalized spacial score (nSPS) is 13.5. The van der Waals surface area contributed by atoms with Crippen LogP contribution in [0.5, 0.6) is 11.5 Å². The van der Waals surface area contributed by atoms with E-state index in [1.165, 1.54) is 52.6 Å².